The van der Waals surface area contributed by atoms with Crippen LogP contribution in [0.5, 0.6) is 5.75 Å². The van der Waals surface area contributed by atoms with E-state index in [0.29, 0.717) is 0 Å². The maximum Gasteiger partial charge on any atom is 0.121 e. The van der Waals surface area contributed by atoms with Crippen molar-refractivity contribution in [2.24, 2.45) is 0 Å². The predicted octanol–water partition coefficient (Wildman–Crippen LogP) is 9.75. The van der Waals surface area contributed by atoms with Crippen molar-refractivity contribution in [1.29, 1.82) is 0 Å². The Morgan fingerprint density at radius 1 is 0.732 bits per heavy atom. The number of fused-ring (bicyclic) bond motifs is 2. The molecule has 2 unspecified atom stereocenters. The normalized spacial score (nSPS) is 24.1. The number of benzene rings is 2. The van der Waals surface area contributed by atoms with Gasteiger partial charge in [-0.2, -0.15) is 0 Å². The van der Waals surface area contributed by atoms with Crippen LogP contribution in [-0.2, 0) is 10.2 Å². The van der Waals surface area contributed by atoms with Crippen LogP contribution in [0.4, 0.5) is 0 Å². The number of para-hydroxylation sites is 1. The largest absolute Gasteiger partial charge is 0.490 e. The van der Waals surface area contributed by atoms with Crippen molar-refractivity contribution in [2.45, 2.75) is 70.0 Å². The van der Waals surface area contributed by atoms with Gasteiger partial charge in [-0.05, 0) is 100 Å². The Morgan fingerprint density at radius 2 is 1.51 bits per heavy atom. The van der Waals surface area contributed by atoms with E-state index in [1.807, 2.05) is 30.3 Å². The minimum atomic E-state index is -0.0302. The summed E-state index contributed by atoms with van der Waals surface area (Å²) in [6, 6.07) is 17.3. The van der Waals surface area contributed by atoms with E-state index in [-0.39, 0.29) is 17.6 Å². The second-order valence-corrected chi connectivity index (χ2v) is 12.2. The summed E-state index contributed by atoms with van der Waals surface area (Å²) in [6.45, 7) is 4.80. The Labute approximate surface area is 244 Å². The van der Waals surface area contributed by atoms with Crippen molar-refractivity contribution in [1.82, 2.24) is 0 Å². The summed E-state index contributed by atoms with van der Waals surface area (Å²) in [6.07, 6.45) is 28.4. The van der Waals surface area contributed by atoms with Crippen LogP contribution < -0.4 is 4.74 Å². The second-order valence-electron chi connectivity index (χ2n) is 12.2. The molecule has 2 aromatic carbocycles. The van der Waals surface area contributed by atoms with Gasteiger partial charge in [-0.3, -0.25) is 0 Å². The molecule has 0 saturated carbocycles. The van der Waals surface area contributed by atoms with E-state index in [1.165, 1.54) is 44.6 Å². The highest BCUT2D eigenvalue weighted by Crippen LogP contribution is 2.52. The molecule has 2 atom stereocenters. The van der Waals surface area contributed by atoms with Gasteiger partial charge < -0.3 is 9.47 Å². The summed E-state index contributed by atoms with van der Waals surface area (Å²) in [5.74, 6) is 2.03. The molecule has 0 N–H and O–H groups in total. The van der Waals surface area contributed by atoms with E-state index in [1.54, 1.807) is 0 Å². The molecule has 0 heterocycles. The number of allylic oxidation sites excluding steroid dienone is 12. The van der Waals surface area contributed by atoms with Gasteiger partial charge in [0.1, 0.15) is 18.0 Å². The monoisotopic (exact) mass is 538 g/mol. The lowest BCUT2D eigenvalue weighted by Gasteiger charge is -2.28. The van der Waals surface area contributed by atoms with Crippen LogP contribution >= 0.6 is 0 Å². The molecule has 41 heavy (non-hydrogen) atoms. The van der Waals surface area contributed by atoms with Gasteiger partial charge in [0, 0.05) is 24.7 Å². The third-order valence-corrected chi connectivity index (χ3v) is 9.16. The molecule has 2 aromatic rings. The van der Waals surface area contributed by atoms with Crippen molar-refractivity contribution in [3.8, 4) is 5.75 Å². The zero-order valence-electron chi connectivity index (χ0n) is 24.1. The standard InChI is InChI=1S/C39H38O2/c1-39(2)37-25-29(27-11-9-17-33(23-27)40-31-13-5-3-6-14-31)19-21-35(37)36-22-20-30(26-38(36)39)28-12-10-18-34(24-28)41-32-15-7-4-8-16-32/h3-7,9-15,17-18,20,22,25-26,33-34H,8,16,19,21,23-24H2,1-2H3. The lowest BCUT2D eigenvalue weighted by molar-refractivity contribution is 0.149. The minimum Gasteiger partial charge on any atom is -0.490 e. The van der Waals surface area contributed by atoms with Crippen molar-refractivity contribution < 1.29 is 9.47 Å². The zero-order valence-corrected chi connectivity index (χ0v) is 24.1. The summed E-state index contributed by atoms with van der Waals surface area (Å²) < 4.78 is 12.6. The molecule has 0 aromatic heterocycles. The number of hydrogen-bond donors (Lipinski definition) is 0. The lowest BCUT2D eigenvalue weighted by Crippen LogP contribution is -2.20. The van der Waals surface area contributed by atoms with E-state index < -0.39 is 0 Å². The van der Waals surface area contributed by atoms with Gasteiger partial charge in [0.25, 0.3) is 0 Å². The molecule has 0 saturated heterocycles. The molecule has 0 aliphatic heterocycles. The Hall–Kier alpha value is -4.04. The average molecular weight is 539 g/mol. The highest BCUT2D eigenvalue weighted by Gasteiger charge is 2.38. The molecule has 5 aliphatic carbocycles. The first-order valence-corrected chi connectivity index (χ1v) is 15.1. The van der Waals surface area contributed by atoms with Crippen LogP contribution in [0.2, 0.25) is 0 Å². The minimum absolute atomic E-state index is 0.0302. The number of hydrogen-bond acceptors (Lipinski definition) is 2. The summed E-state index contributed by atoms with van der Waals surface area (Å²) in [7, 11) is 0. The van der Waals surface area contributed by atoms with E-state index >= 15 is 0 Å². The molecule has 2 heteroatoms. The first-order valence-electron chi connectivity index (χ1n) is 15.1. The zero-order chi connectivity index (χ0) is 27.8. The maximum atomic E-state index is 6.35. The molecular formula is C39H38O2. The van der Waals surface area contributed by atoms with E-state index in [9.17, 15) is 0 Å². The average Bonchev–Trinajstić information content (AvgIpc) is 3.24. The third kappa shape index (κ3) is 5.12. The van der Waals surface area contributed by atoms with E-state index in [0.717, 1.165) is 50.0 Å². The molecule has 0 bridgehead atoms. The van der Waals surface area contributed by atoms with E-state index in [4.69, 9.17) is 9.47 Å². The molecular weight excluding hydrogens is 500 g/mol. The summed E-state index contributed by atoms with van der Waals surface area (Å²) >= 11 is 0. The van der Waals surface area contributed by atoms with Crippen LogP contribution in [0.25, 0.3) is 11.1 Å². The van der Waals surface area contributed by atoms with Gasteiger partial charge in [0.2, 0.25) is 0 Å². The summed E-state index contributed by atoms with van der Waals surface area (Å²) in [5, 5.41) is 0. The molecule has 7 rings (SSSR count). The van der Waals surface area contributed by atoms with Gasteiger partial charge in [-0.15, -0.1) is 0 Å². The van der Waals surface area contributed by atoms with Gasteiger partial charge in [-0.1, -0.05) is 86.7 Å². The van der Waals surface area contributed by atoms with Crippen molar-refractivity contribution in [3.05, 3.63) is 148 Å². The van der Waals surface area contributed by atoms with Gasteiger partial charge >= 0.3 is 0 Å². The molecule has 0 radical (unpaired) electrons. The smallest absolute Gasteiger partial charge is 0.121 e. The van der Waals surface area contributed by atoms with Gasteiger partial charge in [0.05, 0.1) is 5.76 Å². The third-order valence-electron chi connectivity index (χ3n) is 9.16. The fraction of sp³-hybridized carbons (Fsp3) is 0.282. The Bertz CT molecular complexity index is 1600. The van der Waals surface area contributed by atoms with Crippen molar-refractivity contribution in [3.63, 3.8) is 0 Å². The highest BCUT2D eigenvalue weighted by atomic mass is 16.5. The highest BCUT2D eigenvalue weighted by molar-refractivity contribution is 5.85. The fourth-order valence-electron chi connectivity index (χ4n) is 6.95. The first-order chi connectivity index (χ1) is 20.0. The molecule has 2 nitrogen and oxygen atoms in total. The predicted molar refractivity (Wildman–Crippen MR) is 169 cm³/mol. The fourth-order valence-corrected chi connectivity index (χ4v) is 6.95. The second kappa shape index (κ2) is 10.7. The van der Waals surface area contributed by atoms with Crippen LogP contribution in [0.15, 0.2) is 132 Å². The molecule has 0 fully saturated rings. The van der Waals surface area contributed by atoms with Crippen molar-refractivity contribution >= 4 is 11.1 Å². The van der Waals surface area contributed by atoms with Crippen LogP contribution in [-0.4, -0.2) is 12.2 Å². The Balaban J connectivity index is 1.10. The van der Waals surface area contributed by atoms with Gasteiger partial charge in [0.15, 0.2) is 0 Å². The summed E-state index contributed by atoms with van der Waals surface area (Å²) in [4.78, 5) is 0. The SMILES string of the molecule is CC1(C)C2=C(CCC(C3=CC=CC(Oc4ccccc4)C3)=C2)c2ccc(C3=CC=CC(OC4=CC=CCC4)C3)cc21. The van der Waals surface area contributed by atoms with E-state index in [2.05, 4.69) is 92.8 Å². The number of rotatable bonds is 6. The van der Waals surface area contributed by atoms with Crippen molar-refractivity contribution in [2.75, 3.05) is 0 Å². The van der Waals surface area contributed by atoms with Gasteiger partial charge in [-0.25, -0.2) is 0 Å². The Kier molecular flexibility index (Phi) is 6.79. The quantitative estimate of drug-likeness (QED) is 0.364. The molecule has 5 aliphatic rings. The van der Waals surface area contributed by atoms with Crippen LogP contribution in [0.3, 0.4) is 0 Å². The maximum absolute atomic E-state index is 6.35. The molecule has 206 valence electrons. The first kappa shape index (κ1) is 25.9. The summed E-state index contributed by atoms with van der Waals surface area (Å²) in [5.41, 5.74) is 11.4. The topological polar surface area (TPSA) is 18.5 Å². The molecule has 0 amide bonds. The lowest BCUT2D eigenvalue weighted by atomic mass is 9.77. The van der Waals surface area contributed by atoms with Crippen LogP contribution in [0.1, 0.15) is 69.1 Å². The Morgan fingerprint density at radius 3 is 2.32 bits per heavy atom. The molecule has 0 spiro atoms. The van der Waals surface area contributed by atoms with Crippen LogP contribution in [0, 0.1) is 0 Å². The number of ether oxygens (including phenoxy) is 2.